The van der Waals surface area contributed by atoms with Crippen molar-refractivity contribution in [3.8, 4) is 5.75 Å². The van der Waals surface area contributed by atoms with E-state index in [-0.39, 0.29) is 23.7 Å². The summed E-state index contributed by atoms with van der Waals surface area (Å²) in [5.74, 6) is -2.05. The van der Waals surface area contributed by atoms with Crippen LogP contribution >= 0.6 is 0 Å². The maximum atomic E-state index is 12.3. The van der Waals surface area contributed by atoms with Crippen LogP contribution in [0.5, 0.6) is 5.75 Å². The highest BCUT2D eigenvalue weighted by atomic mass is 16.6. The number of aliphatic carboxylic acids is 1. The minimum absolute atomic E-state index is 0.110. The van der Waals surface area contributed by atoms with E-state index in [1.165, 1.54) is 12.1 Å². The Morgan fingerprint density at radius 2 is 2.12 bits per heavy atom. The van der Waals surface area contributed by atoms with Gasteiger partial charge >= 0.3 is 5.97 Å². The monoisotopic (exact) mass is 349 g/mol. The quantitative estimate of drug-likeness (QED) is 0.581. The van der Waals surface area contributed by atoms with Gasteiger partial charge < -0.3 is 15.2 Å². The predicted molar refractivity (Wildman–Crippen MR) is 83.3 cm³/mol. The number of nitrogens with zero attached hydrogens (tertiary/aromatic N) is 2. The van der Waals surface area contributed by atoms with Gasteiger partial charge in [0.15, 0.2) is 6.61 Å². The molecule has 132 valence electrons. The van der Waals surface area contributed by atoms with E-state index in [0.717, 1.165) is 11.0 Å². The molecule has 0 atom stereocenters. The first-order valence-electron chi connectivity index (χ1n) is 7.58. The van der Waals surface area contributed by atoms with Crippen LogP contribution < -0.4 is 15.0 Å². The molecule has 0 spiro atoms. The summed E-state index contributed by atoms with van der Waals surface area (Å²) in [5, 5.41) is 22.6. The van der Waals surface area contributed by atoms with Crippen molar-refractivity contribution in [2.45, 2.75) is 24.8 Å². The van der Waals surface area contributed by atoms with Crippen LogP contribution in [0.2, 0.25) is 0 Å². The second kappa shape index (κ2) is 6.04. The predicted octanol–water partition coefficient (Wildman–Crippen LogP) is 0.444. The molecule has 0 bridgehead atoms. The molecule has 0 aromatic heterocycles. The van der Waals surface area contributed by atoms with Crippen LogP contribution in [0.3, 0.4) is 0 Å². The number of nitrogens with one attached hydrogen (secondary N) is 1. The van der Waals surface area contributed by atoms with E-state index in [9.17, 15) is 29.6 Å². The number of anilines is 1. The fourth-order valence-corrected chi connectivity index (χ4v) is 2.85. The van der Waals surface area contributed by atoms with Gasteiger partial charge in [-0.1, -0.05) is 0 Å². The Morgan fingerprint density at radius 1 is 1.40 bits per heavy atom. The average molecular weight is 349 g/mol. The number of carboxylic acid groups (broad SMARTS) is 1. The molecule has 25 heavy (non-hydrogen) atoms. The number of amides is 2. The van der Waals surface area contributed by atoms with Crippen LogP contribution in [0.4, 0.5) is 11.4 Å². The van der Waals surface area contributed by atoms with E-state index < -0.39 is 34.8 Å². The maximum Gasteiger partial charge on any atom is 0.329 e. The lowest BCUT2D eigenvalue weighted by Gasteiger charge is -2.39. The zero-order chi connectivity index (χ0) is 18.2. The first-order chi connectivity index (χ1) is 11.8. The number of ether oxygens (including phenoxy) is 1. The number of carbonyl (C=O) groups is 3. The van der Waals surface area contributed by atoms with E-state index in [0.29, 0.717) is 19.3 Å². The summed E-state index contributed by atoms with van der Waals surface area (Å²) in [6, 6.07) is 3.74. The van der Waals surface area contributed by atoms with E-state index in [1.54, 1.807) is 0 Å². The van der Waals surface area contributed by atoms with Crippen molar-refractivity contribution in [2.75, 3.05) is 18.1 Å². The molecule has 0 radical (unpaired) electrons. The van der Waals surface area contributed by atoms with Gasteiger partial charge in [-0.2, -0.15) is 0 Å². The minimum atomic E-state index is -1.29. The molecule has 1 aliphatic heterocycles. The van der Waals surface area contributed by atoms with Crippen molar-refractivity contribution in [1.29, 1.82) is 0 Å². The van der Waals surface area contributed by atoms with E-state index >= 15 is 0 Å². The molecular formula is C15H15N3O7. The molecule has 2 amide bonds. The fraction of sp³-hybridized carbons (Fsp3) is 0.400. The summed E-state index contributed by atoms with van der Waals surface area (Å²) in [4.78, 5) is 47.0. The van der Waals surface area contributed by atoms with Crippen LogP contribution in [0.25, 0.3) is 0 Å². The minimum Gasteiger partial charge on any atom is -0.482 e. The fourth-order valence-electron chi connectivity index (χ4n) is 2.85. The van der Waals surface area contributed by atoms with Gasteiger partial charge in [-0.15, -0.1) is 0 Å². The normalized spacial score (nSPS) is 17.8. The van der Waals surface area contributed by atoms with Gasteiger partial charge in [0.25, 0.3) is 11.6 Å². The highest BCUT2D eigenvalue weighted by Crippen LogP contribution is 2.35. The summed E-state index contributed by atoms with van der Waals surface area (Å²) in [6.45, 7) is -0.743. The summed E-state index contributed by atoms with van der Waals surface area (Å²) in [6.07, 6.45) is 1.35. The summed E-state index contributed by atoms with van der Waals surface area (Å²) in [7, 11) is 0. The van der Waals surface area contributed by atoms with Crippen LogP contribution in [0.15, 0.2) is 18.2 Å². The molecule has 10 heteroatoms. The van der Waals surface area contributed by atoms with Gasteiger partial charge in [0, 0.05) is 12.1 Å². The van der Waals surface area contributed by atoms with E-state index in [4.69, 9.17) is 4.74 Å². The highest BCUT2D eigenvalue weighted by Gasteiger charge is 2.46. The molecule has 1 saturated carbocycles. The first kappa shape index (κ1) is 16.7. The lowest BCUT2D eigenvalue weighted by Crippen LogP contribution is -2.61. The Kier molecular flexibility index (Phi) is 4.03. The van der Waals surface area contributed by atoms with Crippen molar-refractivity contribution >= 4 is 29.2 Å². The van der Waals surface area contributed by atoms with Crippen molar-refractivity contribution < 1.29 is 29.2 Å². The van der Waals surface area contributed by atoms with Crippen LogP contribution in [-0.4, -0.2) is 46.5 Å². The first-order valence-corrected chi connectivity index (χ1v) is 7.58. The largest absolute Gasteiger partial charge is 0.482 e. The number of nitro groups is 1. The summed E-state index contributed by atoms with van der Waals surface area (Å²) >= 11 is 0. The smallest absolute Gasteiger partial charge is 0.329 e. The van der Waals surface area contributed by atoms with Gasteiger partial charge in [-0.3, -0.25) is 24.6 Å². The Morgan fingerprint density at radius 3 is 2.68 bits per heavy atom. The summed E-state index contributed by atoms with van der Waals surface area (Å²) < 4.78 is 5.21. The van der Waals surface area contributed by atoms with Gasteiger partial charge in [0.1, 0.15) is 17.8 Å². The van der Waals surface area contributed by atoms with E-state index in [2.05, 4.69) is 5.32 Å². The SMILES string of the molecule is O=C(CN1C(=O)COc2ccc([N+](=O)[O-])cc21)NC1(C(=O)O)CCC1. The van der Waals surface area contributed by atoms with Crippen LogP contribution in [0, 0.1) is 10.1 Å². The van der Waals surface area contributed by atoms with E-state index in [1.807, 2.05) is 0 Å². The molecule has 3 rings (SSSR count). The standard InChI is InChI=1S/C15H15N3O7/c19-12(16-15(14(21)22)4-1-5-15)7-17-10-6-9(18(23)24)2-3-11(10)25-8-13(17)20/h2-3,6H,1,4-5,7-8H2,(H,16,19)(H,21,22). The highest BCUT2D eigenvalue weighted by molar-refractivity contribution is 6.03. The molecule has 1 aliphatic carbocycles. The number of nitro benzene ring substituents is 1. The Labute approximate surface area is 141 Å². The molecule has 2 N–H and O–H groups in total. The number of rotatable bonds is 5. The molecule has 1 aromatic carbocycles. The number of benzene rings is 1. The van der Waals surface area contributed by atoms with Gasteiger partial charge in [-0.05, 0) is 25.3 Å². The molecule has 0 unspecified atom stereocenters. The maximum absolute atomic E-state index is 12.3. The lowest BCUT2D eigenvalue weighted by atomic mass is 9.77. The molecule has 1 fully saturated rings. The third kappa shape index (κ3) is 2.97. The second-order valence-corrected chi connectivity index (χ2v) is 5.97. The molecular weight excluding hydrogens is 334 g/mol. The second-order valence-electron chi connectivity index (χ2n) is 5.97. The Hall–Kier alpha value is -3.17. The summed E-state index contributed by atoms with van der Waals surface area (Å²) in [5.41, 5.74) is -1.43. The topological polar surface area (TPSA) is 139 Å². The molecule has 2 aliphatic rings. The van der Waals surface area contributed by atoms with Crippen molar-refractivity contribution in [3.05, 3.63) is 28.3 Å². The number of non-ortho nitro benzene ring substituents is 1. The molecule has 0 saturated heterocycles. The van der Waals surface area contributed by atoms with Crippen LogP contribution in [0.1, 0.15) is 19.3 Å². The number of hydrogen-bond donors (Lipinski definition) is 2. The molecule has 1 aromatic rings. The Bertz CT molecular complexity index is 772. The average Bonchev–Trinajstić information content (AvgIpc) is 2.52. The number of hydrogen-bond acceptors (Lipinski definition) is 6. The van der Waals surface area contributed by atoms with Gasteiger partial charge in [-0.25, -0.2) is 4.79 Å². The Balaban J connectivity index is 1.81. The third-order valence-electron chi connectivity index (χ3n) is 4.39. The van der Waals surface area contributed by atoms with Crippen LogP contribution in [-0.2, 0) is 14.4 Å². The number of fused-ring (bicyclic) bond motifs is 1. The zero-order valence-corrected chi connectivity index (χ0v) is 13.1. The zero-order valence-electron chi connectivity index (χ0n) is 13.1. The lowest BCUT2D eigenvalue weighted by molar-refractivity contribution is -0.384. The van der Waals surface area contributed by atoms with Gasteiger partial charge in [0.2, 0.25) is 5.91 Å². The van der Waals surface area contributed by atoms with Crippen molar-refractivity contribution in [1.82, 2.24) is 5.32 Å². The molecule has 10 nitrogen and oxygen atoms in total. The van der Waals surface area contributed by atoms with Gasteiger partial charge in [0.05, 0.1) is 10.6 Å². The number of carboxylic acids is 1. The molecule has 1 heterocycles. The van der Waals surface area contributed by atoms with Crippen molar-refractivity contribution in [2.24, 2.45) is 0 Å². The number of carbonyl (C=O) groups excluding carboxylic acids is 2. The third-order valence-corrected chi connectivity index (χ3v) is 4.39. The van der Waals surface area contributed by atoms with Crippen molar-refractivity contribution in [3.63, 3.8) is 0 Å².